The molecular weight excluding hydrogens is 288 g/mol. The second kappa shape index (κ2) is 7.22. The summed E-state index contributed by atoms with van der Waals surface area (Å²) < 4.78 is 4.80. The zero-order valence-electron chi connectivity index (χ0n) is 12.3. The Labute approximate surface area is 127 Å². The molecular formula is C15H16N2O5. The molecule has 22 heavy (non-hydrogen) atoms. The molecule has 0 aliphatic carbocycles. The Morgan fingerprint density at radius 3 is 2.32 bits per heavy atom. The van der Waals surface area contributed by atoms with E-state index in [1.807, 2.05) is 6.07 Å². The van der Waals surface area contributed by atoms with Crippen molar-refractivity contribution in [1.82, 2.24) is 5.32 Å². The van der Waals surface area contributed by atoms with E-state index >= 15 is 0 Å². The number of carbonyl (C=O) groups is 3. The molecule has 1 aromatic carbocycles. The molecule has 0 bridgehead atoms. The number of rotatable bonds is 6. The van der Waals surface area contributed by atoms with E-state index in [9.17, 15) is 19.5 Å². The molecule has 7 heteroatoms. The molecule has 0 radical (unpaired) electrons. The van der Waals surface area contributed by atoms with E-state index in [0.29, 0.717) is 11.1 Å². The number of nitrogens with zero attached hydrogens (tertiary/aromatic N) is 1. The number of aliphatic carboxylic acids is 1. The van der Waals surface area contributed by atoms with Crippen molar-refractivity contribution >= 4 is 17.8 Å². The molecule has 0 aliphatic rings. The van der Waals surface area contributed by atoms with E-state index in [1.165, 1.54) is 24.3 Å². The van der Waals surface area contributed by atoms with Gasteiger partial charge >= 0.3 is 11.9 Å². The van der Waals surface area contributed by atoms with Crippen LogP contribution in [0.2, 0.25) is 0 Å². The third-order valence-corrected chi connectivity index (χ3v) is 2.93. The molecule has 0 saturated carbocycles. The highest BCUT2D eigenvalue weighted by atomic mass is 16.5. The maximum Gasteiger partial charge on any atom is 0.344 e. The second-order valence-corrected chi connectivity index (χ2v) is 4.60. The largest absolute Gasteiger partial charge is 0.479 e. The van der Waals surface area contributed by atoms with Gasteiger partial charge in [-0.3, -0.25) is 4.79 Å². The highest BCUT2D eigenvalue weighted by Crippen LogP contribution is 2.18. The van der Waals surface area contributed by atoms with Crippen LogP contribution in [-0.4, -0.2) is 35.1 Å². The van der Waals surface area contributed by atoms with Crippen LogP contribution in [0.4, 0.5) is 0 Å². The van der Waals surface area contributed by atoms with Crippen LogP contribution in [0.1, 0.15) is 25.0 Å². The van der Waals surface area contributed by atoms with Gasteiger partial charge < -0.3 is 15.2 Å². The molecule has 0 unspecified atom stereocenters. The number of nitrogens with one attached hydrogen (secondary N) is 1. The number of amides is 1. The Bertz CT molecular complexity index is 618. The fourth-order valence-corrected chi connectivity index (χ4v) is 1.94. The number of ether oxygens (including phenoxy) is 1. The molecule has 1 amide bonds. The number of carboxylic acids is 1. The van der Waals surface area contributed by atoms with Gasteiger partial charge in [-0.15, -0.1) is 0 Å². The monoisotopic (exact) mass is 304 g/mol. The minimum absolute atomic E-state index is 0.0131. The third-order valence-electron chi connectivity index (χ3n) is 2.93. The summed E-state index contributed by atoms with van der Waals surface area (Å²) >= 11 is 0. The third kappa shape index (κ3) is 3.82. The van der Waals surface area contributed by atoms with Crippen molar-refractivity contribution in [2.75, 3.05) is 6.61 Å². The summed E-state index contributed by atoms with van der Waals surface area (Å²) in [5.74, 6) is -3.21. The topological polar surface area (TPSA) is 116 Å². The average Bonchev–Trinajstić information content (AvgIpc) is 2.46. The highest BCUT2D eigenvalue weighted by Gasteiger charge is 2.48. The fraction of sp³-hybridized carbons (Fsp3) is 0.333. The van der Waals surface area contributed by atoms with Gasteiger partial charge in [-0.05, 0) is 24.6 Å². The summed E-state index contributed by atoms with van der Waals surface area (Å²) in [4.78, 5) is 35.1. The average molecular weight is 304 g/mol. The minimum atomic E-state index is -2.20. The molecule has 0 fully saturated rings. The van der Waals surface area contributed by atoms with E-state index in [-0.39, 0.29) is 13.0 Å². The van der Waals surface area contributed by atoms with Gasteiger partial charge in [0.1, 0.15) is 0 Å². The van der Waals surface area contributed by atoms with Crippen molar-refractivity contribution in [2.24, 2.45) is 0 Å². The molecule has 1 rings (SSSR count). The molecule has 116 valence electrons. The number of hydrogen-bond donors (Lipinski definition) is 2. The molecule has 0 aromatic heterocycles. The van der Waals surface area contributed by atoms with Crippen LogP contribution in [0.5, 0.6) is 0 Å². The molecule has 0 spiro atoms. The van der Waals surface area contributed by atoms with Crippen LogP contribution in [0, 0.1) is 11.3 Å². The Balaban J connectivity index is 3.22. The van der Waals surface area contributed by atoms with Crippen LogP contribution >= 0.6 is 0 Å². The van der Waals surface area contributed by atoms with Gasteiger partial charge in [0.25, 0.3) is 0 Å². The normalized spacial score (nSPS) is 12.6. The first kappa shape index (κ1) is 17.2. The molecule has 2 N–H and O–H groups in total. The van der Waals surface area contributed by atoms with Gasteiger partial charge in [-0.1, -0.05) is 12.1 Å². The summed E-state index contributed by atoms with van der Waals surface area (Å²) in [7, 11) is 0. The van der Waals surface area contributed by atoms with E-state index in [1.54, 1.807) is 6.92 Å². The first-order valence-corrected chi connectivity index (χ1v) is 6.54. The molecule has 0 aliphatic heterocycles. The summed E-state index contributed by atoms with van der Waals surface area (Å²) in [6, 6.07) is 7.99. The van der Waals surface area contributed by atoms with E-state index < -0.39 is 23.4 Å². The number of carbonyl (C=O) groups excluding carboxylic acids is 2. The predicted octanol–water partition coefficient (Wildman–Crippen LogP) is 0.623. The fourth-order valence-electron chi connectivity index (χ4n) is 1.94. The van der Waals surface area contributed by atoms with Gasteiger partial charge in [-0.2, -0.15) is 5.26 Å². The van der Waals surface area contributed by atoms with Crippen LogP contribution in [0.25, 0.3) is 0 Å². The van der Waals surface area contributed by atoms with Crippen LogP contribution in [-0.2, 0) is 25.5 Å². The van der Waals surface area contributed by atoms with E-state index in [4.69, 9.17) is 10.00 Å². The number of benzene rings is 1. The van der Waals surface area contributed by atoms with Crippen LogP contribution in [0.3, 0.4) is 0 Å². The second-order valence-electron chi connectivity index (χ2n) is 4.60. The highest BCUT2D eigenvalue weighted by molar-refractivity contribution is 6.07. The quantitative estimate of drug-likeness (QED) is 0.588. The van der Waals surface area contributed by atoms with Crippen molar-refractivity contribution in [3.05, 3.63) is 35.4 Å². The van der Waals surface area contributed by atoms with Crippen molar-refractivity contribution < 1.29 is 24.2 Å². The van der Waals surface area contributed by atoms with E-state index in [2.05, 4.69) is 5.32 Å². The van der Waals surface area contributed by atoms with Gasteiger partial charge in [-0.25, -0.2) is 9.59 Å². The first-order chi connectivity index (χ1) is 10.4. The summed E-state index contributed by atoms with van der Waals surface area (Å²) in [6.45, 7) is 2.65. The number of hydrogen-bond acceptors (Lipinski definition) is 5. The molecule has 1 atom stereocenters. The SMILES string of the molecule is CCOC(=O)[C@@](Cc1ccc(C#N)cc1)(NC(C)=O)C(=O)O. The molecule has 1 aromatic rings. The Morgan fingerprint density at radius 2 is 1.91 bits per heavy atom. The summed E-state index contributed by atoms with van der Waals surface area (Å²) in [5, 5.41) is 20.4. The first-order valence-electron chi connectivity index (χ1n) is 6.54. The van der Waals surface area contributed by atoms with Crippen molar-refractivity contribution in [1.29, 1.82) is 5.26 Å². The standard InChI is InChI=1S/C15H16N2O5/c1-3-22-14(21)15(13(19)20,17-10(2)18)8-11-4-6-12(9-16)7-5-11/h4-7H,3,8H2,1-2H3,(H,17,18)(H,19,20)/t15-/m0/s1. The predicted molar refractivity (Wildman–Crippen MR) is 75.7 cm³/mol. The van der Waals surface area contributed by atoms with Crippen LogP contribution < -0.4 is 5.32 Å². The van der Waals surface area contributed by atoms with Crippen molar-refractivity contribution in [2.45, 2.75) is 25.8 Å². The van der Waals surface area contributed by atoms with Gasteiger partial charge in [0.2, 0.25) is 11.4 Å². The van der Waals surface area contributed by atoms with Crippen molar-refractivity contribution in [3.63, 3.8) is 0 Å². The zero-order valence-corrected chi connectivity index (χ0v) is 12.3. The van der Waals surface area contributed by atoms with Gasteiger partial charge in [0, 0.05) is 13.3 Å². The zero-order chi connectivity index (χ0) is 16.8. The van der Waals surface area contributed by atoms with Gasteiger partial charge in [0.15, 0.2) is 0 Å². The number of nitriles is 1. The lowest BCUT2D eigenvalue weighted by Crippen LogP contribution is -2.61. The van der Waals surface area contributed by atoms with E-state index in [0.717, 1.165) is 6.92 Å². The smallest absolute Gasteiger partial charge is 0.344 e. The maximum absolute atomic E-state index is 12.1. The van der Waals surface area contributed by atoms with Crippen molar-refractivity contribution in [3.8, 4) is 6.07 Å². The molecule has 7 nitrogen and oxygen atoms in total. The number of esters is 1. The lowest BCUT2D eigenvalue weighted by molar-refractivity contribution is -0.164. The molecule has 0 heterocycles. The number of carboxylic acid groups (broad SMARTS) is 1. The Morgan fingerprint density at radius 1 is 1.32 bits per heavy atom. The Hall–Kier alpha value is -2.88. The van der Waals surface area contributed by atoms with Gasteiger partial charge in [0.05, 0.1) is 18.2 Å². The lowest BCUT2D eigenvalue weighted by Gasteiger charge is -2.27. The lowest BCUT2D eigenvalue weighted by atomic mass is 9.90. The minimum Gasteiger partial charge on any atom is -0.479 e. The summed E-state index contributed by atoms with van der Waals surface area (Å²) in [5.41, 5.74) is -1.32. The Kier molecular flexibility index (Phi) is 5.64. The summed E-state index contributed by atoms with van der Waals surface area (Å²) in [6.07, 6.45) is -0.285. The molecule has 0 saturated heterocycles. The van der Waals surface area contributed by atoms with Crippen LogP contribution in [0.15, 0.2) is 24.3 Å². The maximum atomic E-state index is 12.1.